The van der Waals surface area contributed by atoms with Gasteiger partial charge in [0.15, 0.2) is 0 Å². The molecule has 2 rings (SSSR count). The van der Waals surface area contributed by atoms with Crippen molar-refractivity contribution in [3.8, 4) is 0 Å². The summed E-state index contributed by atoms with van der Waals surface area (Å²) >= 11 is 1.84. The van der Waals surface area contributed by atoms with Crippen LogP contribution in [-0.2, 0) is 11.2 Å². The van der Waals surface area contributed by atoms with Crippen molar-refractivity contribution in [2.75, 3.05) is 0 Å². The molecule has 1 heterocycles. The molecule has 3 heteroatoms. The van der Waals surface area contributed by atoms with Gasteiger partial charge in [0.1, 0.15) is 5.78 Å². The Bertz CT molecular complexity index is 391. The lowest BCUT2D eigenvalue weighted by Gasteiger charge is -2.18. The molecule has 1 aliphatic carbocycles. The van der Waals surface area contributed by atoms with Gasteiger partial charge in [-0.3, -0.25) is 0 Å². The Morgan fingerprint density at radius 1 is 1.35 bits per heavy atom. The summed E-state index contributed by atoms with van der Waals surface area (Å²) in [6.07, 6.45) is 8.24. The van der Waals surface area contributed by atoms with E-state index in [2.05, 4.69) is 6.92 Å². The van der Waals surface area contributed by atoms with Crippen molar-refractivity contribution in [1.29, 1.82) is 0 Å². The van der Waals surface area contributed by atoms with E-state index in [1.807, 2.05) is 11.3 Å². The summed E-state index contributed by atoms with van der Waals surface area (Å²) < 4.78 is 0. The predicted octanol–water partition coefficient (Wildman–Crippen LogP) is 4.02. The van der Waals surface area contributed by atoms with E-state index in [0.29, 0.717) is 12.3 Å². The molecule has 0 spiro atoms. The van der Waals surface area contributed by atoms with Crippen molar-refractivity contribution in [2.24, 2.45) is 0 Å². The molecule has 0 unspecified atom stereocenters. The maximum Gasteiger partial charge on any atom is 0.130 e. The van der Waals surface area contributed by atoms with E-state index in [1.165, 1.54) is 42.0 Å². The Morgan fingerprint density at radius 2 is 2.06 bits per heavy atom. The predicted molar refractivity (Wildman–Crippen MR) is 71.7 cm³/mol. The quantitative estimate of drug-likeness (QED) is 0.809. The van der Waals surface area contributed by atoms with E-state index >= 15 is 0 Å². The summed E-state index contributed by atoms with van der Waals surface area (Å²) in [7, 11) is 0. The minimum atomic E-state index is 0.275. The standard InChI is InChI=1S/C14H21NOS/c1-10(16)8-9-13-11(2)15-14(17-13)12-6-4-3-5-7-12/h12H,3-9H2,1-2H3. The maximum absolute atomic E-state index is 11.0. The van der Waals surface area contributed by atoms with Crippen LogP contribution in [0.25, 0.3) is 0 Å². The highest BCUT2D eigenvalue weighted by atomic mass is 32.1. The molecule has 0 N–H and O–H groups in total. The number of hydrogen-bond acceptors (Lipinski definition) is 3. The molecular formula is C14H21NOS. The summed E-state index contributed by atoms with van der Waals surface area (Å²) in [4.78, 5) is 17.1. The van der Waals surface area contributed by atoms with Gasteiger partial charge in [0.05, 0.1) is 10.7 Å². The number of ketones is 1. The zero-order chi connectivity index (χ0) is 12.3. The van der Waals surface area contributed by atoms with Crippen LogP contribution in [0.2, 0.25) is 0 Å². The van der Waals surface area contributed by atoms with Gasteiger partial charge in [0.25, 0.3) is 0 Å². The van der Waals surface area contributed by atoms with Crippen LogP contribution >= 0.6 is 11.3 Å². The highest BCUT2D eigenvalue weighted by Gasteiger charge is 2.20. The molecule has 94 valence electrons. The number of thiazole rings is 1. The monoisotopic (exact) mass is 251 g/mol. The minimum absolute atomic E-state index is 0.275. The van der Waals surface area contributed by atoms with Crippen LogP contribution in [0.4, 0.5) is 0 Å². The first-order valence-electron chi connectivity index (χ1n) is 6.62. The molecule has 0 atom stereocenters. The summed E-state index contributed by atoms with van der Waals surface area (Å²) in [5.41, 5.74) is 1.15. The fourth-order valence-corrected chi connectivity index (χ4v) is 3.73. The van der Waals surface area contributed by atoms with E-state index in [1.54, 1.807) is 6.92 Å². The molecule has 1 aromatic rings. The third-order valence-corrected chi connectivity index (χ3v) is 4.95. The fraction of sp³-hybridized carbons (Fsp3) is 0.714. The normalized spacial score (nSPS) is 17.3. The Kier molecular flexibility index (Phi) is 4.32. The van der Waals surface area contributed by atoms with Crippen LogP contribution in [0.15, 0.2) is 0 Å². The molecule has 0 aromatic carbocycles. The average molecular weight is 251 g/mol. The number of hydrogen-bond donors (Lipinski definition) is 0. The van der Waals surface area contributed by atoms with Gasteiger partial charge >= 0.3 is 0 Å². The van der Waals surface area contributed by atoms with E-state index < -0.39 is 0 Å². The van der Waals surface area contributed by atoms with Crippen molar-refractivity contribution < 1.29 is 4.79 Å². The Balaban J connectivity index is 2.03. The largest absolute Gasteiger partial charge is 0.300 e. The van der Waals surface area contributed by atoms with Gasteiger partial charge in [0, 0.05) is 17.2 Å². The summed E-state index contributed by atoms with van der Waals surface area (Å²) in [6.45, 7) is 3.75. The molecule has 2 nitrogen and oxygen atoms in total. The van der Waals surface area contributed by atoms with E-state index in [4.69, 9.17) is 4.98 Å². The van der Waals surface area contributed by atoms with Gasteiger partial charge in [0.2, 0.25) is 0 Å². The topological polar surface area (TPSA) is 30.0 Å². The molecule has 1 saturated carbocycles. The average Bonchev–Trinajstić information content (AvgIpc) is 2.69. The molecule has 0 amide bonds. The first kappa shape index (κ1) is 12.7. The smallest absolute Gasteiger partial charge is 0.130 e. The van der Waals surface area contributed by atoms with Gasteiger partial charge in [-0.2, -0.15) is 0 Å². The molecule has 1 aliphatic rings. The van der Waals surface area contributed by atoms with Gasteiger partial charge < -0.3 is 4.79 Å². The Labute approximate surface area is 107 Å². The zero-order valence-corrected chi connectivity index (χ0v) is 11.6. The molecule has 1 aromatic heterocycles. The lowest BCUT2D eigenvalue weighted by molar-refractivity contribution is -0.116. The number of Topliss-reactive ketones (excluding diaryl/α,β-unsaturated/α-hetero) is 1. The third kappa shape index (κ3) is 3.38. The van der Waals surface area contributed by atoms with Gasteiger partial charge in [-0.1, -0.05) is 19.3 Å². The lowest BCUT2D eigenvalue weighted by Crippen LogP contribution is -2.03. The van der Waals surface area contributed by atoms with Crippen LogP contribution in [0.1, 0.15) is 66.9 Å². The van der Waals surface area contributed by atoms with Crippen molar-refractivity contribution in [3.05, 3.63) is 15.6 Å². The first-order valence-corrected chi connectivity index (χ1v) is 7.44. The number of rotatable bonds is 4. The van der Waals surface area contributed by atoms with Gasteiger partial charge in [-0.15, -0.1) is 11.3 Å². The van der Waals surface area contributed by atoms with E-state index in [0.717, 1.165) is 12.1 Å². The second-order valence-corrected chi connectivity index (χ2v) is 6.21. The highest BCUT2D eigenvalue weighted by Crippen LogP contribution is 2.36. The summed E-state index contributed by atoms with van der Waals surface area (Å²) in [5, 5.41) is 1.32. The number of aromatic nitrogens is 1. The molecule has 0 bridgehead atoms. The number of carbonyl (C=O) groups is 1. The zero-order valence-electron chi connectivity index (χ0n) is 10.8. The van der Waals surface area contributed by atoms with Crippen molar-refractivity contribution >= 4 is 17.1 Å². The van der Waals surface area contributed by atoms with Crippen molar-refractivity contribution in [2.45, 2.75) is 64.7 Å². The van der Waals surface area contributed by atoms with Crippen LogP contribution in [-0.4, -0.2) is 10.8 Å². The first-order chi connectivity index (χ1) is 8.16. The highest BCUT2D eigenvalue weighted by molar-refractivity contribution is 7.11. The van der Waals surface area contributed by atoms with Crippen LogP contribution in [0.5, 0.6) is 0 Å². The molecule has 0 saturated heterocycles. The maximum atomic E-state index is 11.0. The third-order valence-electron chi connectivity index (χ3n) is 3.57. The number of carbonyl (C=O) groups excluding carboxylic acids is 1. The Hall–Kier alpha value is -0.700. The van der Waals surface area contributed by atoms with Crippen molar-refractivity contribution in [3.63, 3.8) is 0 Å². The molecular weight excluding hydrogens is 230 g/mol. The van der Waals surface area contributed by atoms with Crippen LogP contribution in [0, 0.1) is 6.92 Å². The Morgan fingerprint density at radius 3 is 2.71 bits per heavy atom. The second kappa shape index (κ2) is 5.76. The van der Waals surface area contributed by atoms with Crippen LogP contribution < -0.4 is 0 Å². The molecule has 1 fully saturated rings. The van der Waals surface area contributed by atoms with Crippen molar-refractivity contribution in [1.82, 2.24) is 4.98 Å². The van der Waals surface area contributed by atoms with Gasteiger partial charge in [-0.25, -0.2) is 4.98 Å². The van der Waals surface area contributed by atoms with E-state index in [-0.39, 0.29) is 5.78 Å². The van der Waals surface area contributed by atoms with E-state index in [9.17, 15) is 4.79 Å². The number of aryl methyl sites for hydroxylation is 2. The molecule has 0 radical (unpaired) electrons. The molecule has 0 aliphatic heterocycles. The second-order valence-electron chi connectivity index (χ2n) is 5.10. The van der Waals surface area contributed by atoms with Crippen LogP contribution in [0.3, 0.4) is 0 Å². The summed E-state index contributed by atoms with van der Waals surface area (Å²) in [5.74, 6) is 0.968. The minimum Gasteiger partial charge on any atom is -0.300 e. The lowest BCUT2D eigenvalue weighted by atomic mass is 9.90. The summed E-state index contributed by atoms with van der Waals surface area (Å²) in [6, 6.07) is 0. The SMILES string of the molecule is CC(=O)CCc1sc(C2CCCCC2)nc1C. The van der Waals surface area contributed by atoms with Gasteiger partial charge in [-0.05, 0) is 33.1 Å². The molecule has 17 heavy (non-hydrogen) atoms. The number of nitrogens with zero attached hydrogens (tertiary/aromatic N) is 1. The fourth-order valence-electron chi connectivity index (χ4n) is 2.50.